The fourth-order valence-corrected chi connectivity index (χ4v) is 3.42. The molecule has 0 unspecified atom stereocenters. The largest absolute Gasteiger partial charge is 0.497 e. The average Bonchev–Trinajstić information content (AvgIpc) is 2.93. The van der Waals surface area contributed by atoms with E-state index in [1.165, 1.54) is 19.3 Å². The molecule has 5 nitrogen and oxygen atoms in total. The molecule has 1 aliphatic heterocycles. The van der Waals surface area contributed by atoms with E-state index < -0.39 is 0 Å². The maximum atomic E-state index is 5.34. The number of hydrogen-bond donors (Lipinski definition) is 1. The van der Waals surface area contributed by atoms with Crippen LogP contribution >= 0.6 is 0 Å². The highest BCUT2D eigenvalue weighted by Crippen LogP contribution is 2.33. The maximum absolute atomic E-state index is 5.34. The van der Waals surface area contributed by atoms with Crippen molar-refractivity contribution in [3.05, 3.63) is 24.5 Å². The van der Waals surface area contributed by atoms with E-state index in [-0.39, 0.29) is 0 Å². The zero-order valence-electron chi connectivity index (χ0n) is 13.0. The van der Waals surface area contributed by atoms with E-state index in [2.05, 4.69) is 26.8 Å². The molecule has 4 rings (SSSR count). The van der Waals surface area contributed by atoms with E-state index in [0.29, 0.717) is 6.04 Å². The fraction of sp³-hybridized carbons (Fsp3) is 0.412. The minimum Gasteiger partial charge on any atom is -0.497 e. The average molecular weight is 296 g/mol. The number of anilines is 1. The van der Waals surface area contributed by atoms with Crippen LogP contribution in [0.15, 0.2) is 24.5 Å². The molecule has 0 radical (unpaired) electrons. The summed E-state index contributed by atoms with van der Waals surface area (Å²) in [6.07, 6.45) is 5.42. The summed E-state index contributed by atoms with van der Waals surface area (Å²) in [5.74, 6) is 1.87. The summed E-state index contributed by atoms with van der Waals surface area (Å²) in [7, 11) is 1.69. The number of aromatic nitrogens is 3. The molecule has 2 aromatic heterocycles. The topological polar surface area (TPSA) is 54.0 Å². The van der Waals surface area contributed by atoms with Crippen LogP contribution in [0.3, 0.4) is 0 Å². The minimum absolute atomic E-state index is 0.521. The number of piperidine rings is 1. The molecule has 0 aliphatic carbocycles. The molecule has 22 heavy (non-hydrogen) atoms. The predicted octanol–water partition coefficient (Wildman–Crippen LogP) is 3.50. The molecular formula is C17H20N4O. The van der Waals surface area contributed by atoms with Crippen LogP contribution in [0, 0.1) is 0 Å². The summed E-state index contributed by atoms with van der Waals surface area (Å²) < 4.78 is 5.34. The molecule has 1 atom stereocenters. The first-order valence-corrected chi connectivity index (χ1v) is 7.85. The van der Waals surface area contributed by atoms with Gasteiger partial charge >= 0.3 is 0 Å². The summed E-state index contributed by atoms with van der Waals surface area (Å²) in [5.41, 5.74) is 3.07. The lowest BCUT2D eigenvalue weighted by Gasteiger charge is -2.34. The second kappa shape index (κ2) is 5.16. The summed E-state index contributed by atoms with van der Waals surface area (Å²) in [6, 6.07) is 6.56. The monoisotopic (exact) mass is 296 g/mol. The van der Waals surface area contributed by atoms with Crippen molar-refractivity contribution in [2.45, 2.75) is 32.2 Å². The summed E-state index contributed by atoms with van der Waals surface area (Å²) in [5, 5.41) is 1.09. The third kappa shape index (κ3) is 2.00. The van der Waals surface area contributed by atoms with Gasteiger partial charge in [0.1, 0.15) is 23.1 Å². The number of aromatic amines is 1. The quantitative estimate of drug-likeness (QED) is 0.786. The lowest BCUT2D eigenvalue weighted by Crippen LogP contribution is -2.38. The lowest BCUT2D eigenvalue weighted by molar-refractivity contribution is 0.415. The van der Waals surface area contributed by atoms with Crippen LogP contribution < -0.4 is 9.64 Å². The van der Waals surface area contributed by atoms with Gasteiger partial charge in [-0.3, -0.25) is 0 Å². The Morgan fingerprint density at radius 1 is 1.27 bits per heavy atom. The standard InChI is InChI=1S/C17H20N4O/c1-11-5-3-4-8-21(11)17-16-15(18-10-19-17)13-9-12(22-2)6-7-14(13)20-16/h6-7,9-11,20H,3-5,8H2,1-2H3/t11-/m1/s1. The second-order valence-corrected chi connectivity index (χ2v) is 6.00. The number of fused-ring (bicyclic) bond motifs is 3. The van der Waals surface area contributed by atoms with E-state index >= 15 is 0 Å². The van der Waals surface area contributed by atoms with Crippen molar-refractivity contribution in [1.82, 2.24) is 15.0 Å². The molecule has 0 bridgehead atoms. The molecule has 3 heterocycles. The first kappa shape index (κ1) is 13.4. The van der Waals surface area contributed by atoms with E-state index in [4.69, 9.17) is 4.74 Å². The predicted molar refractivity (Wildman–Crippen MR) is 88.6 cm³/mol. The van der Waals surface area contributed by atoms with Gasteiger partial charge in [-0.15, -0.1) is 0 Å². The minimum atomic E-state index is 0.521. The van der Waals surface area contributed by atoms with Crippen molar-refractivity contribution in [1.29, 1.82) is 0 Å². The van der Waals surface area contributed by atoms with Crippen molar-refractivity contribution in [2.24, 2.45) is 0 Å². The van der Waals surface area contributed by atoms with Crippen molar-refractivity contribution in [3.8, 4) is 5.75 Å². The second-order valence-electron chi connectivity index (χ2n) is 6.00. The highest BCUT2D eigenvalue weighted by atomic mass is 16.5. The number of rotatable bonds is 2. The van der Waals surface area contributed by atoms with Gasteiger partial charge in [0.25, 0.3) is 0 Å². The molecule has 114 valence electrons. The Morgan fingerprint density at radius 2 is 2.18 bits per heavy atom. The Bertz CT molecular complexity index is 826. The van der Waals surface area contributed by atoms with Gasteiger partial charge in [0, 0.05) is 23.5 Å². The Labute approximate surface area is 129 Å². The van der Waals surface area contributed by atoms with E-state index in [1.54, 1.807) is 13.4 Å². The highest BCUT2D eigenvalue weighted by molar-refractivity contribution is 6.08. The van der Waals surface area contributed by atoms with Gasteiger partial charge in [0.05, 0.1) is 7.11 Å². The number of benzene rings is 1. The number of methoxy groups -OCH3 is 1. The number of nitrogens with zero attached hydrogens (tertiary/aromatic N) is 3. The Hall–Kier alpha value is -2.30. The van der Waals surface area contributed by atoms with Crippen LogP contribution in [0.25, 0.3) is 21.9 Å². The zero-order valence-corrected chi connectivity index (χ0v) is 13.0. The molecule has 0 saturated carbocycles. The van der Waals surface area contributed by atoms with Gasteiger partial charge in [-0.25, -0.2) is 9.97 Å². The van der Waals surface area contributed by atoms with Gasteiger partial charge in [-0.05, 0) is 44.4 Å². The molecule has 0 amide bonds. The molecule has 1 aliphatic rings. The normalized spacial score (nSPS) is 19.0. The zero-order chi connectivity index (χ0) is 15.1. The number of ether oxygens (including phenoxy) is 1. The van der Waals surface area contributed by atoms with E-state index in [0.717, 1.165) is 40.0 Å². The number of nitrogens with one attached hydrogen (secondary N) is 1. The lowest BCUT2D eigenvalue weighted by atomic mass is 10.0. The van der Waals surface area contributed by atoms with Crippen molar-refractivity contribution >= 4 is 27.8 Å². The van der Waals surface area contributed by atoms with Crippen LogP contribution in [-0.4, -0.2) is 34.6 Å². The first-order chi connectivity index (χ1) is 10.8. The molecule has 1 fully saturated rings. The Balaban J connectivity index is 1.92. The smallest absolute Gasteiger partial charge is 0.156 e. The van der Waals surface area contributed by atoms with Gasteiger partial charge in [0.2, 0.25) is 0 Å². The van der Waals surface area contributed by atoms with Gasteiger partial charge in [0.15, 0.2) is 5.82 Å². The SMILES string of the molecule is COc1ccc2[nH]c3c(N4CCCC[C@H]4C)ncnc3c2c1. The molecular weight excluding hydrogens is 276 g/mol. The molecule has 1 aromatic carbocycles. The molecule has 3 aromatic rings. The molecule has 5 heteroatoms. The van der Waals surface area contributed by atoms with Gasteiger partial charge in [-0.2, -0.15) is 0 Å². The van der Waals surface area contributed by atoms with Crippen LogP contribution in [0.1, 0.15) is 26.2 Å². The summed E-state index contributed by atoms with van der Waals surface area (Å²) in [4.78, 5) is 15.0. The van der Waals surface area contributed by atoms with E-state index in [9.17, 15) is 0 Å². The molecule has 0 spiro atoms. The fourth-order valence-electron chi connectivity index (χ4n) is 3.42. The van der Waals surface area contributed by atoms with E-state index in [1.807, 2.05) is 18.2 Å². The van der Waals surface area contributed by atoms with Crippen LogP contribution in [0.5, 0.6) is 5.75 Å². The Morgan fingerprint density at radius 3 is 3.00 bits per heavy atom. The first-order valence-electron chi connectivity index (χ1n) is 7.85. The maximum Gasteiger partial charge on any atom is 0.156 e. The third-order valence-electron chi connectivity index (χ3n) is 4.64. The molecule has 1 N–H and O–H groups in total. The van der Waals surface area contributed by atoms with Crippen molar-refractivity contribution in [2.75, 3.05) is 18.6 Å². The summed E-state index contributed by atoms with van der Waals surface area (Å²) in [6.45, 7) is 3.34. The molecule has 1 saturated heterocycles. The number of H-pyrrole nitrogens is 1. The van der Waals surface area contributed by atoms with Gasteiger partial charge < -0.3 is 14.6 Å². The highest BCUT2D eigenvalue weighted by Gasteiger charge is 2.23. The number of hydrogen-bond acceptors (Lipinski definition) is 4. The summed E-state index contributed by atoms with van der Waals surface area (Å²) >= 11 is 0. The van der Waals surface area contributed by atoms with Crippen molar-refractivity contribution in [3.63, 3.8) is 0 Å². The van der Waals surface area contributed by atoms with Crippen LogP contribution in [-0.2, 0) is 0 Å². The van der Waals surface area contributed by atoms with Crippen LogP contribution in [0.4, 0.5) is 5.82 Å². The van der Waals surface area contributed by atoms with Gasteiger partial charge in [-0.1, -0.05) is 0 Å². The third-order valence-corrected chi connectivity index (χ3v) is 4.64. The van der Waals surface area contributed by atoms with Crippen molar-refractivity contribution < 1.29 is 4.74 Å². The van der Waals surface area contributed by atoms with Crippen LogP contribution in [0.2, 0.25) is 0 Å². The Kier molecular flexibility index (Phi) is 3.13.